The summed E-state index contributed by atoms with van der Waals surface area (Å²) in [5.74, 6) is 0.784. The van der Waals surface area contributed by atoms with Gasteiger partial charge in [0.1, 0.15) is 15.6 Å². The molecule has 0 saturated carbocycles. The van der Waals surface area contributed by atoms with E-state index in [1.165, 1.54) is 0 Å². The van der Waals surface area contributed by atoms with Crippen molar-refractivity contribution < 1.29 is 17.9 Å². The summed E-state index contributed by atoms with van der Waals surface area (Å²) in [4.78, 5) is 10.6. The van der Waals surface area contributed by atoms with Gasteiger partial charge in [0.25, 0.3) is 0 Å². The van der Waals surface area contributed by atoms with Crippen LogP contribution in [-0.4, -0.2) is 38.5 Å². The number of primary amides is 1. The van der Waals surface area contributed by atoms with Gasteiger partial charge in [0, 0.05) is 11.7 Å². The maximum Gasteiger partial charge on any atom is 0.220 e. The SMILES string of the molecule is NC(=O)CCOc1ccc(NC2CCS(=O)(=O)CC2)cc1. The number of anilines is 1. The maximum absolute atomic E-state index is 11.4. The Hall–Kier alpha value is -1.76. The van der Waals surface area contributed by atoms with Crippen molar-refractivity contribution in [1.82, 2.24) is 0 Å². The van der Waals surface area contributed by atoms with Gasteiger partial charge in [-0.1, -0.05) is 0 Å². The molecule has 0 aliphatic carbocycles. The van der Waals surface area contributed by atoms with Gasteiger partial charge in [0.15, 0.2) is 0 Å². The van der Waals surface area contributed by atoms with Crippen LogP contribution < -0.4 is 15.8 Å². The number of ether oxygens (including phenoxy) is 1. The number of hydrogen-bond acceptors (Lipinski definition) is 5. The molecule has 1 saturated heterocycles. The first-order chi connectivity index (χ1) is 9.94. The Kier molecular flexibility index (Phi) is 5.06. The van der Waals surface area contributed by atoms with Gasteiger partial charge >= 0.3 is 0 Å². The monoisotopic (exact) mass is 312 g/mol. The fourth-order valence-corrected chi connectivity index (χ4v) is 3.68. The summed E-state index contributed by atoms with van der Waals surface area (Å²) >= 11 is 0. The summed E-state index contributed by atoms with van der Waals surface area (Å²) in [6.07, 6.45) is 1.47. The Morgan fingerprint density at radius 1 is 1.24 bits per heavy atom. The van der Waals surface area contributed by atoms with Gasteiger partial charge in [-0.3, -0.25) is 4.79 Å². The molecule has 0 radical (unpaired) electrons. The molecule has 0 atom stereocenters. The molecule has 116 valence electrons. The predicted molar refractivity (Wildman–Crippen MR) is 81.0 cm³/mol. The van der Waals surface area contributed by atoms with Crippen molar-refractivity contribution in [1.29, 1.82) is 0 Å². The first-order valence-corrected chi connectivity index (χ1v) is 8.75. The van der Waals surface area contributed by atoms with Crippen LogP contribution in [0.3, 0.4) is 0 Å². The molecule has 1 amide bonds. The minimum Gasteiger partial charge on any atom is -0.493 e. The molecule has 0 aromatic heterocycles. The van der Waals surface area contributed by atoms with Crippen LogP contribution >= 0.6 is 0 Å². The molecule has 3 N–H and O–H groups in total. The molecule has 1 aromatic rings. The van der Waals surface area contributed by atoms with E-state index in [0.29, 0.717) is 18.6 Å². The average molecular weight is 312 g/mol. The first kappa shape index (κ1) is 15.6. The number of hydrogen-bond donors (Lipinski definition) is 2. The molecule has 1 aliphatic heterocycles. The third-order valence-electron chi connectivity index (χ3n) is 3.40. The maximum atomic E-state index is 11.4. The van der Waals surface area contributed by atoms with Gasteiger partial charge in [-0.05, 0) is 37.1 Å². The quantitative estimate of drug-likeness (QED) is 0.814. The van der Waals surface area contributed by atoms with E-state index in [2.05, 4.69) is 5.32 Å². The molecule has 0 unspecified atom stereocenters. The molecule has 1 fully saturated rings. The first-order valence-electron chi connectivity index (χ1n) is 6.93. The topological polar surface area (TPSA) is 98.5 Å². The number of carbonyl (C=O) groups excluding carboxylic acids is 1. The molecule has 21 heavy (non-hydrogen) atoms. The summed E-state index contributed by atoms with van der Waals surface area (Å²) in [6, 6.07) is 7.56. The largest absolute Gasteiger partial charge is 0.493 e. The van der Waals surface area contributed by atoms with Gasteiger partial charge in [-0.25, -0.2) is 8.42 Å². The zero-order valence-corrected chi connectivity index (χ0v) is 12.6. The van der Waals surface area contributed by atoms with Crippen LogP contribution in [0.1, 0.15) is 19.3 Å². The Bertz CT molecular complexity index is 569. The highest BCUT2D eigenvalue weighted by atomic mass is 32.2. The van der Waals surface area contributed by atoms with E-state index in [0.717, 1.165) is 5.69 Å². The lowest BCUT2D eigenvalue weighted by Crippen LogP contribution is -2.32. The highest BCUT2D eigenvalue weighted by molar-refractivity contribution is 7.91. The van der Waals surface area contributed by atoms with Gasteiger partial charge < -0.3 is 15.8 Å². The predicted octanol–water partition coefficient (Wildman–Crippen LogP) is 0.930. The minimum atomic E-state index is -2.83. The Labute approximate surface area is 124 Å². The van der Waals surface area contributed by atoms with E-state index in [9.17, 15) is 13.2 Å². The number of benzene rings is 1. The van der Waals surface area contributed by atoms with E-state index in [1.54, 1.807) is 0 Å². The number of amides is 1. The van der Waals surface area contributed by atoms with Crippen LogP contribution in [0.15, 0.2) is 24.3 Å². The Morgan fingerprint density at radius 2 is 1.86 bits per heavy atom. The number of nitrogens with one attached hydrogen (secondary N) is 1. The molecule has 1 aromatic carbocycles. The fraction of sp³-hybridized carbons (Fsp3) is 0.500. The molecule has 1 heterocycles. The van der Waals surface area contributed by atoms with Crippen molar-refractivity contribution >= 4 is 21.4 Å². The summed E-state index contributed by atoms with van der Waals surface area (Å²) in [5.41, 5.74) is 5.96. The molecule has 2 rings (SSSR count). The van der Waals surface area contributed by atoms with E-state index in [4.69, 9.17) is 10.5 Å². The van der Waals surface area contributed by atoms with Crippen LogP contribution in [0.5, 0.6) is 5.75 Å². The molecule has 6 nitrogen and oxygen atoms in total. The second-order valence-corrected chi connectivity index (χ2v) is 7.46. The van der Waals surface area contributed by atoms with E-state index >= 15 is 0 Å². The fourth-order valence-electron chi connectivity index (χ4n) is 2.19. The number of carbonyl (C=O) groups is 1. The van der Waals surface area contributed by atoms with Crippen LogP contribution in [-0.2, 0) is 14.6 Å². The van der Waals surface area contributed by atoms with Crippen molar-refractivity contribution in [2.45, 2.75) is 25.3 Å². The lowest BCUT2D eigenvalue weighted by molar-refractivity contribution is -0.118. The zero-order chi connectivity index (χ0) is 15.3. The van der Waals surface area contributed by atoms with Crippen molar-refractivity contribution in [3.05, 3.63) is 24.3 Å². The van der Waals surface area contributed by atoms with Crippen molar-refractivity contribution in [3.8, 4) is 5.75 Å². The summed E-state index contributed by atoms with van der Waals surface area (Å²) < 4.78 is 28.1. The number of rotatable bonds is 6. The third-order valence-corrected chi connectivity index (χ3v) is 5.11. The standard InChI is InChI=1S/C14H20N2O4S/c15-14(17)5-8-20-13-3-1-11(2-4-13)16-12-6-9-21(18,19)10-7-12/h1-4,12,16H,5-10H2,(H2,15,17). The summed E-state index contributed by atoms with van der Waals surface area (Å²) in [6.45, 7) is 0.266. The van der Waals surface area contributed by atoms with Crippen molar-refractivity contribution in [2.75, 3.05) is 23.4 Å². The average Bonchev–Trinajstić information content (AvgIpc) is 2.43. The number of sulfone groups is 1. The smallest absolute Gasteiger partial charge is 0.220 e. The van der Waals surface area contributed by atoms with Gasteiger partial charge in [0.2, 0.25) is 5.91 Å². The number of nitrogens with two attached hydrogens (primary N) is 1. The molecule has 1 aliphatic rings. The highest BCUT2D eigenvalue weighted by Gasteiger charge is 2.23. The van der Waals surface area contributed by atoms with Crippen LogP contribution in [0, 0.1) is 0 Å². The van der Waals surface area contributed by atoms with Crippen molar-refractivity contribution in [2.24, 2.45) is 5.73 Å². The van der Waals surface area contributed by atoms with Gasteiger partial charge in [0.05, 0.1) is 24.5 Å². The second kappa shape index (κ2) is 6.80. The van der Waals surface area contributed by atoms with E-state index < -0.39 is 9.84 Å². The van der Waals surface area contributed by atoms with Crippen LogP contribution in [0.25, 0.3) is 0 Å². The summed E-state index contributed by atoms with van der Waals surface area (Å²) in [5, 5.41) is 3.33. The van der Waals surface area contributed by atoms with Crippen LogP contribution in [0.2, 0.25) is 0 Å². The third kappa shape index (κ3) is 5.26. The second-order valence-electron chi connectivity index (χ2n) is 5.16. The summed E-state index contributed by atoms with van der Waals surface area (Å²) in [7, 11) is -2.83. The minimum absolute atomic E-state index is 0.190. The van der Waals surface area contributed by atoms with Crippen LogP contribution in [0.4, 0.5) is 5.69 Å². The zero-order valence-electron chi connectivity index (χ0n) is 11.7. The molecule has 0 spiro atoms. The lowest BCUT2D eigenvalue weighted by Gasteiger charge is -2.24. The molecular formula is C14H20N2O4S. The van der Waals surface area contributed by atoms with Crippen molar-refractivity contribution in [3.63, 3.8) is 0 Å². The molecular weight excluding hydrogens is 292 g/mol. The molecule has 0 bridgehead atoms. The Morgan fingerprint density at radius 3 is 2.43 bits per heavy atom. The lowest BCUT2D eigenvalue weighted by atomic mass is 10.1. The van der Waals surface area contributed by atoms with Gasteiger partial charge in [-0.15, -0.1) is 0 Å². The normalized spacial score (nSPS) is 18.1. The highest BCUT2D eigenvalue weighted by Crippen LogP contribution is 2.20. The molecule has 7 heteroatoms. The van der Waals surface area contributed by atoms with E-state index in [1.807, 2.05) is 24.3 Å². The Balaban J connectivity index is 1.81. The van der Waals surface area contributed by atoms with Gasteiger partial charge in [-0.2, -0.15) is 0 Å². The van der Waals surface area contributed by atoms with E-state index in [-0.39, 0.29) is 36.5 Å².